The van der Waals surface area contributed by atoms with Crippen LogP contribution in [0.1, 0.15) is 145 Å². The number of cyclic esters (lactones) is 1. The molecule has 0 spiro atoms. The molecule has 0 aromatic heterocycles. The Kier molecular flexibility index (Phi) is 33.1. The van der Waals surface area contributed by atoms with E-state index in [9.17, 15) is 73.2 Å². The number of nitrogens with one attached hydrogen (secondary N) is 12. The average molecular weight is 1320 g/mol. The number of aliphatic hydroxyl groups excluding tert-OH is 4. The predicted molar refractivity (Wildman–Crippen MR) is 337 cm³/mol. The maximum absolute atomic E-state index is 15.5. The molecular formula is C61H101N15O17. The van der Waals surface area contributed by atoms with Crippen molar-refractivity contribution >= 4 is 76.9 Å². The topological polar surface area (TPSA) is 529 Å². The zero-order valence-electron chi connectivity index (χ0n) is 54.6. The number of benzene rings is 1. The van der Waals surface area contributed by atoms with Gasteiger partial charge in [0.25, 0.3) is 0 Å². The molecule has 1 saturated carbocycles. The zero-order valence-corrected chi connectivity index (χ0v) is 54.6. The second-order valence-electron chi connectivity index (χ2n) is 24.9. The van der Waals surface area contributed by atoms with E-state index in [1.165, 1.54) is 44.2 Å². The van der Waals surface area contributed by atoms with Gasteiger partial charge in [0.1, 0.15) is 48.3 Å². The Balaban J connectivity index is 2.39. The number of hydrogen-bond acceptors (Lipinski definition) is 19. The molecule has 0 radical (unpaired) electrons. The van der Waals surface area contributed by atoms with Crippen LogP contribution in [0.3, 0.4) is 0 Å². The summed E-state index contributed by atoms with van der Waals surface area (Å²) in [5, 5.41) is 78.7. The monoisotopic (exact) mass is 1320 g/mol. The summed E-state index contributed by atoms with van der Waals surface area (Å²) < 4.78 is 5.97. The average Bonchev–Trinajstić information content (AvgIpc) is 1.87. The minimum absolute atomic E-state index is 0.0168. The van der Waals surface area contributed by atoms with Crippen LogP contribution in [0.15, 0.2) is 30.3 Å². The van der Waals surface area contributed by atoms with Crippen molar-refractivity contribution < 1.29 is 82.7 Å². The maximum Gasteiger partial charge on any atom is 0.331 e. The number of nitrogens with two attached hydrogens (primary N) is 3. The first-order chi connectivity index (χ1) is 43.8. The van der Waals surface area contributed by atoms with Crippen molar-refractivity contribution in [1.82, 2.24) is 58.5 Å². The van der Waals surface area contributed by atoms with Gasteiger partial charge in [-0.25, -0.2) is 4.79 Å². The summed E-state index contributed by atoms with van der Waals surface area (Å²) in [7, 11) is 0. The van der Waals surface area contributed by atoms with Crippen molar-refractivity contribution in [3.8, 4) is 0 Å². The van der Waals surface area contributed by atoms with Crippen molar-refractivity contribution in [3.05, 3.63) is 35.9 Å². The maximum atomic E-state index is 15.5. The highest BCUT2D eigenvalue weighted by molar-refractivity contribution is 6.00. The standard InChI is InChI=1S/C61H101N15O17/c1-10-31(7)41(72-51(83)36(62)26-34-19-14-12-15-20-34)56(88)76-46-49(35-21-16-13-17-22-35)93-60(92)39(28-77)70-58(90)45(48(81)50(63)82)71-40(79)27-67-54(86)43(33(9)78)74-55(87)42(32(8)11-2)73-52(84)37(23-18-24-66-61(64)65)68-53(85)38(25-29(3)4)69-57(89)44(75-59(46)91)47(80)30(5)6/h13,16-17,21-22,29-34,36-39,41-49,77-78,80-81H,10-12,14-15,18-20,23-28,62H2,1-9H3,(H2,63,82)(H,67,86)(H,68,85)(H,69,89)(H,70,90)(H,71,79)(H,72,83)(H,73,84)(H,74,87)(H,75,91)(H,76,88)(H4,64,65,66)/t31-,32-,33-,36-,37+,38-,39-,41-,42-,43-,44-,45?,46-,47+,48-,49+/m0/s1. The van der Waals surface area contributed by atoms with Gasteiger partial charge in [0.15, 0.2) is 24.2 Å². The van der Waals surface area contributed by atoms with Gasteiger partial charge in [0, 0.05) is 6.54 Å². The molecule has 32 nitrogen and oxygen atoms in total. The molecule has 1 aromatic carbocycles. The zero-order chi connectivity index (χ0) is 70.0. The number of hydrogen-bond donors (Lipinski definition) is 19. The van der Waals surface area contributed by atoms with Crippen LogP contribution in [0.25, 0.3) is 0 Å². The Morgan fingerprint density at radius 2 is 1.24 bits per heavy atom. The van der Waals surface area contributed by atoms with E-state index in [0.29, 0.717) is 6.42 Å². The first-order valence-electron chi connectivity index (χ1n) is 31.8. The van der Waals surface area contributed by atoms with Gasteiger partial charge in [-0.3, -0.25) is 58.1 Å². The first kappa shape index (κ1) is 79.2. The van der Waals surface area contributed by atoms with E-state index < -0.39 is 193 Å². The summed E-state index contributed by atoms with van der Waals surface area (Å²) in [6.07, 6.45) is -2.90. The molecular weight excluding hydrogens is 1210 g/mol. The summed E-state index contributed by atoms with van der Waals surface area (Å²) in [6, 6.07) is -10.6. The number of rotatable bonds is 23. The quantitative estimate of drug-likeness (QED) is 0.0213. The summed E-state index contributed by atoms with van der Waals surface area (Å²) in [5.41, 5.74) is 17.3. The minimum Gasteiger partial charge on any atom is -0.453 e. The van der Waals surface area contributed by atoms with Crippen LogP contribution >= 0.6 is 0 Å². The third-order valence-electron chi connectivity index (χ3n) is 16.5. The van der Waals surface area contributed by atoms with Gasteiger partial charge >= 0.3 is 5.97 Å². The van der Waals surface area contributed by atoms with E-state index in [0.717, 1.165) is 39.0 Å². The van der Waals surface area contributed by atoms with Gasteiger partial charge in [-0.15, -0.1) is 0 Å². The highest BCUT2D eigenvalue weighted by Gasteiger charge is 2.44. The van der Waals surface area contributed by atoms with E-state index in [4.69, 9.17) is 27.3 Å². The Bertz CT molecular complexity index is 2720. The van der Waals surface area contributed by atoms with E-state index in [2.05, 4.69) is 47.9 Å². The molecule has 1 aliphatic heterocycles. The van der Waals surface area contributed by atoms with E-state index in [1.54, 1.807) is 41.5 Å². The van der Waals surface area contributed by atoms with Crippen molar-refractivity contribution in [3.63, 3.8) is 0 Å². The van der Waals surface area contributed by atoms with Gasteiger partial charge in [0.2, 0.25) is 65.0 Å². The lowest BCUT2D eigenvalue weighted by molar-refractivity contribution is -0.159. The molecule has 0 bridgehead atoms. The number of guanidine groups is 1. The normalized spacial score (nSPS) is 25.7. The van der Waals surface area contributed by atoms with Crippen LogP contribution in [0.4, 0.5) is 0 Å². The smallest absolute Gasteiger partial charge is 0.331 e. The Morgan fingerprint density at radius 3 is 1.80 bits per heavy atom. The Hall–Kier alpha value is -8.07. The van der Waals surface area contributed by atoms with E-state index in [-0.39, 0.29) is 56.0 Å². The number of carbonyl (C=O) groups is 12. The summed E-state index contributed by atoms with van der Waals surface area (Å²) in [5.74, 6) is -17.4. The van der Waals surface area contributed by atoms with Crippen molar-refractivity contribution in [2.75, 3.05) is 19.7 Å². The van der Waals surface area contributed by atoms with Crippen LogP contribution in [-0.4, -0.2) is 196 Å². The molecule has 1 aliphatic carbocycles. The summed E-state index contributed by atoms with van der Waals surface area (Å²) >= 11 is 0. The van der Waals surface area contributed by atoms with Crippen molar-refractivity contribution in [2.24, 2.45) is 46.8 Å². The molecule has 1 heterocycles. The molecule has 93 heavy (non-hydrogen) atoms. The molecule has 16 atom stereocenters. The number of ether oxygens (including phenoxy) is 1. The lowest BCUT2D eigenvalue weighted by Gasteiger charge is -2.34. The molecule has 22 N–H and O–H groups in total. The van der Waals surface area contributed by atoms with Crippen LogP contribution in [0.5, 0.6) is 0 Å². The van der Waals surface area contributed by atoms with Gasteiger partial charge in [-0.05, 0) is 67.8 Å². The number of esters is 1. The molecule has 2 fully saturated rings. The number of carbonyl (C=O) groups excluding carboxylic acids is 12. The van der Waals surface area contributed by atoms with Crippen LogP contribution in [0.2, 0.25) is 0 Å². The summed E-state index contributed by atoms with van der Waals surface area (Å²) in [4.78, 5) is 171. The number of amides is 11. The second kappa shape index (κ2) is 38.8. The number of aliphatic hydroxyl groups is 4. The minimum atomic E-state index is -2.57. The molecule has 1 aromatic rings. The van der Waals surface area contributed by atoms with Crippen LogP contribution in [0, 0.1) is 35.0 Å². The highest BCUT2D eigenvalue weighted by Crippen LogP contribution is 2.28. The van der Waals surface area contributed by atoms with Crippen molar-refractivity contribution in [1.29, 1.82) is 5.41 Å². The number of primary amides is 1. The largest absolute Gasteiger partial charge is 0.453 e. The first-order valence-corrected chi connectivity index (χ1v) is 31.8. The summed E-state index contributed by atoms with van der Waals surface area (Å²) in [6.45, 7) is 11.7. The van der Waals surface area contributed by atoms with E-state index >= 15 is 4.79 Å². The molecule has 32 heteroatoms. The third-order valence-corrected chi connectivity index (χ3v) is 16.5. The lowest BCUT2D eigenvalue weighted by Crippen LogP contribution is -2.64. The third kappa shape index (κ3) is 25.1. The molecule has 3 rings (SSSR count). The van der Waals surface area contributed by atoms with E-state index in [1.807, 2.05) is 10.6 Å². The predicted octanol–water partition coefficient (Wildman–Crippen LogP) is -4.30. The fourth-order valence-corrected chi connectivity index (χ4v) is 10.5. The molecule has 522 valence electrons. The Labute approximate surface area is 541 Å². The van der Waals surface area contributed by atoms with Gasteiger partial charge in [0.05, 0.1) is 31.4 Å². The molecule has 11 amide bonds. The molecule has 2 aliphatic rings. The molecule has 1 saturated heterocycles. The van der Waals surface area contributed by atoms with Crippen LogP contribution < -0.4 is 75.7 Å². The fraction of sp³-hybridized carbons (Fsp3) is 0.689. The fourth-order valence-electron chi connectivity index (χ4n) is 10.5. The van der Waals surface area contributed by atoms with Crippen LogP contribution in [-0.2, 0) is 62.3 Å². The Morgan fingerprint density at radius 1 is 0.667 bits per heavy atom. The van der Waals surface area contributed by atoms with Crippen molar-refractivity contribution in [2.45, 2.75) is 218 Å². The van der Waals surface area contributed by atoms with Gasteiger partial charge in [-0.2, -0.15) is 0 Å². The van der Waals surface area contributed by atoms with Gasteiger partial charge in [-0.1, -0.05) is 131 Å². The molecule has 1 unspecified atom stereocenters. The highest BCUT2D eigenvalue weighted by atomic mass is 16.5. The SMILES string of the molecule is CC[C@H](C)[C@H](NC(=O)[C@@H](N)CC1CCCCC1)C(=O)N[C@@H]1C(=O)N[C@@H]([C@H](O)C(C)C)C(=O)N[C@@H](CC(C)C)C(=O)N[C@H](CCCNC(=N)N)C(=O)N[C@@H]([C@@H](C)CC)C(=O)N[C@@H]([C@H](C)O)C(=O)NCC(=O)NC([C@H](O)C(N)=O)C(=O)N[C@@H](CO)C(=O)O[C@@H]1c1ccccc1. The second-order valence-corrected chi connectivity index (χ2v) is 24.9. The lowest BCUT2D eigenvalue weighted by atomic mass is 9.84. The van der Waals surface area contributed by atoms with Gasteiger partial charge < -0.3 is 101 Å².